The van der Waals surface area contributed by atoms with Crippen LogP contribution in [0.1, 0.15) is 37.9 Å². The summed E-state index contributed by atoms with van der Waals surface area (Å²) in [6, 6.07) is 5.79. The third-order valence-electron chi connectivity index (χ3n) is 3.12. The summed E-state index contributed by atoms with van der Waals surface area (Å²) in [6.07, 6.45) is 3.40. The van der Waals surface area contributed by atoms with Gasteiger partial charge in [0.25, 0.3) is 0 Å². The van der Waals surface area contributed by atoms with Gasteiger partial charge in [0.2, 0.25) is 0 Å². The summed E-state index contributed by atoms with van der Waals surface area (Å²) in [5.74, 6) is 1.52. The molecule has 16 heavy (non-hydrogen) atoms. The Morgan fingerprint density at radius 3 is 2.81 bits per heavy atom. The molecule has 2 rings (SSSR count). The Hall–Kier alpha value is -0.540. The summed E-state index contributed by atoms with van der Waals surface area (Å²) in [5, 5.41) is 9.66. The van der Waals surface area contributed by atoms with Gasteiger partial charge in [0, 0.05) is 10.0 Å². The van der Waals surface area contributed by atoms with Gasteiger partial charge >= 0.3 is 0 Å². The maximum atomic E-state index is 9.66. The molecule has 0 unspecified atom stereocenters. The highest BCUT2D eigenvalue weighted by atomic mass is 79.9. The number of rotatable bonds is 4. The number of ether oxygens (including phenoxy) is 1. The van der Waals surface area contributed by atoms with E-state index in [2.05, 4.69) is 15.9 Å². The molecular formula is C13H17BrO2. The van der Waals surface area contributed by atoms with Crippen LogP contribution in [0.15, 0.2) is 22.7 Å². The Labute approximate surface area is 105 Å². The van der Waals surface area contributed by atoms with E-state index in [9.17, 15) is 5.11 Å². The predicted octanol–water partition coefficient (Wildman–Crippen LogP) is 3.68. The van der Waals surface area contributed by atoms with Crippen LogP contribution in [-0.4, -0.2) is 11.7 Å². The van der Waals surface area contributed by atoms with Gasteiger partial charge < -0.3 is 9.84 Å². The van der Waals surface area contributed by atoms with Gasteiger partial charge in [-0.3, -0.25) is 0 Å². The van der Waals surface area contributed by atoms with Crippen LogP contribution >= 0.6 is 15.9 Å². The Balaban J connectivity index is 2.05. The van der Waals surface area contributed by atoms with Crippen molar-refractivity contribution in [1.82, 2.24) is 0 Å². The van der Waals surface area contributed by atoms with E-state index in [1.807, 2.05) is 18.2 Å². The maximum Gasteiger partial charge on any atom is 0.125 e. The first-order chi connectivity index (χ1) is 7.66. The Morgan fingerprint density at radius 2 is 2.25 bits per heavy atom. The SMILES string of the molecule is C[C@H](O)c1cc(Br)ccc1OCC1CCC1. The topological polar surface area (TPSA) is 29.5 Å². The lowest BCUT2D eigenvalue weighted by Crippen LogP contribution is -2.19. The fourth-order valence-electron chi connectivity index (χ4n) is 1.84. The summed E-state index contributed by atoms with van der Waals surface area (Å²) in [7, 11) is 0. The minimum atomic E-state index is -0.492. The molecule has 1 aliphatic carbocycles. The number of benzene rings is 1. The lowest BCUT2D eigenvalue weighted by Gasteiger charge is -2.26. The van der Waals surface area contributed by atoms with Crippen LogP contribution in [0.5, 0.6) is 5.75 Å². The van der Waals surface area contributed by atoms with Crippen LogP contribution in [0.4, 0.5) is 0 Å². The van der Waals surface area contributed by atoms with Gasteiger partial charge in [0.15, 0.2) is 0 Å². The highest BCUT2D eigenvalue weighted by Crippen LogP contribution is 2.31. The normalized spacial score (nSPS) is 17.9. The Bertz CT molecular complexity index is 359. The van der Waals surface area contributed by atoms with E-state index in [0.717, 1.165) is 22.4 Å². The molecule has 1 saturated carbocycles. The van der Waals surface area contributed by atoms with Crippen molar-refractivity contribution < 1.29 is 9.84 Å². The van der Waals surface area contributed by atoms with Crippen LogP contribution in [0, 0.1) is 5.92 Å². The van der Waals surface area contributed by atoms with E-state index in [0.29, 0.717) is 5.92 Å². The second-order valence-electron chi connectivity index (χ2n) is 4.47. The number of hydrogen-bond acceptors (Lipinski definition) is 2. The molecule has 0 radical (unpaired) electrons. The average molecular weight is 285 g/mol. The van der Waals surface area contributed by atoms with E-state index >= 15 is 0 Å². The van der Waals surface area contributed by atoms with Crippen molar-refractivity contribution in [2.75, 3.05) is 6.61 Å². The third-order valence-corrected chi connectivity index (χ3v) is 3.61. The molecule has 0 amide bonds. The van der Waals surface area contributed by atoms with Crippen molar-refractivity contribution in [3.8, 4) is 5.75 Å². The molecular weight excluding hydrogens is 268 g/mol. The van der Waals surface area contributed by atoms with Crippen molar-refractivity contribution >= 4 is 15.9 Å². The van der Waals surface area contributed by atoms with E-state index in [1.165, 1.54) is 19.3 Å². The first-order valence-corrected chi connectivity index (χ1v) is 6.56. The summed E-state index contributed by atoms with van der Waals surface area (Å²) in [5.41, 5.74) is 0.855. The van der Waals surface area contributed by atoms with E-state index in [1.54, 1.807) is 6.92 Å². The molecule has 0 saturated heterocycles. The minimum Gasteiger partial charge on any atom is -0.493 e. The number of hydrogen-bond donors (Lipinski definition) is 1. The van der Waals surface area contributed by atoms with Crippen molar-refractivity contribution in [1.29, 1.82) is 0 Å². The number of aliphatic hydroxyl groups excluding tert-OH is 1. The fourth-order valence-corrected chi connectivity index (χ4v) is 2.22. The molecule has 0 heterocycles. The van der Waals surface area contributed by atoms with Crippen LogP contribution in [0.25, 0.3) is 0 Å². The Morgan fingerprint density at radius 1 is 1.50 bits per heavy atom. The van der Waals surface area contributed by atoms with E-state index < -0.39 is 6.10 Å². The lowest BCUT2D eigenvalue weighted by molar-refractivity contribution is 0.164. The van der Waals surface area contributed by atoms with Crippen LogP contribution in [0.3, 0.4) is 0 Å². The zero-order valence-electron chi connectivity index (χ0n) is 9.45. The fraction of sp³-hybridized carbons (Fsp3) is 0.538. The molecule has 1 aromatic carbocycles. The van der Waals surface area contributed by atoms with Crippen LogP contribution < -0.4 is 4.74 Å². The van der Waals surface area contributed by atoms with Gasteiger partial charge in [-0.25, -0.2) is 0 Å². The van der Waals surface area contributed by atoms with Gasteiger partial charge in [0.1, 0.15) is 5.75 Å². The second-order valence-corrected chi connectivity index (χ2v) is 5.38. The van der Waals surface area contributed by atoms with E-state index in [4.69, 9.17) is 4.74 Å². The van der Waals surface area contributed by atoms with Crippen molar-refractivity contribution in [2.24, 2.45) is 5.92 Å². The monoisotopic (exact) mass is 284 g/mol. The molecule has 3 heteroatoms. The Kier molecular flexibility index (Phi) is 3.87. The molecule has 0 aromatic heterocycles. The molecule has 2 nitrogen and oxygen atoms in total. The van der Waals surface area contributed by atoms with Gasteiger partial charge in [-0.1, -0.05) is 22.4 Å². The van der Waals surface area contributed by atoms with Crippen LogP contribution in [0.2, 0.25) is 0 Å². The number of halogens is 1. The molecule has 0 aliphatic heterocycles. The predicted molar refractivity (Wildman–Crippen MR) is 67.6 cm³/mol. The molecule has 0 spiro atoms. The van der Waals surface area contributed by atoms with E-state index in [-0.39, 0.29) is 0 Å². The third kappa shape index (κ3) is 2.77. The second kappa shape index (κ2) is 5.19. The standard InChI is InChI=1S/C13H17BrO2/c1-9(15)12-7-11(14)5-6-13(12)16-8-10-3-2-4-10/h5-7,9-10,15H,2-4,8H2,1H3/t9-/m0/s1. The lowest BCUT2D eigenvalue weighted by atomic mass is 9.86. The molecule has 0 bridgehead atoms. The van der Waals surface area contributed by atoms with Crippen molar-refractivity contribution in [3.63, 3.8) is 0 Å². The largest absolute Gasteiger partial charge is 0.493 e. The van der Waals surface area contributed by atoms with Crippen molar-refractivity contribution in [3.05, 3.63) is 28.2 Å². The highest BCUT2D eigenvalue weighted by Gasteiger charge is 2.19. The zero-order valence-corrected chi connectivity index (χ0v) is 11.0. The molecule has 1 aliphatic rings. The average Bonchev–Trinajstić information content (AvgIpc) is 2.17. The van der Waals surface area contributed by atoms with Gasteiger partial charge in [-0.15, -0.1) is 0 Å². The number of aliphatic hydroxyl groups is 1. The first kappa shape index (κ1) is 11.9. The molecule has 1 atom stereocenters. The van der Waals surface area contributed by atoms with Gasteiger partial charge in [-0.05, 0) is 43.9 Å². The minimum absolute atomic E-state index is 0.492. The molecule has 88 valence electrons. The summed E-state index contributed by atoms with van der Waals surface area (Å²) in [4.78, 5) is 0. The first-order valence-electron chi connectivity index (χ1n) is 5.77. The summed E-state index contributed by atoms with van der Waals surface area (Å²) < 4.78 is 6.75. The quantitative estimate of drug-likeness (QED) is 0.914. The maximum absolute atomic E-state index is 9.66. The zero-order chi connectivity index (χ0) is 11.5. The van der Waals surface area contributed by atoms with Crippen molar-refractivity contribution in [2.45, 2.75) is 32.3 Å². The smallest absolute Gasteiger partial charge is 0.125 e. The highest BCUT2D eigenvalue weighted by molar-refractivity contribution is 9.10. The summed E-state index contributed by atoms with van der Waals surface area (Å²) >= 11 is 3.40. The summed E-state index contributed by atoms with van der Waals surface area (Å²) in [6.45, 7) is 2.54. The van der Waals surface area contributed by atoms with Gasteiger partial charge in [0.05, 0.1) is 12.7 Å². The molecule has 1 aromatic rings. The van der Waals surface area contributed by atoms with Gasteiger partial charge in [-0.2, -0.15) is 0 Å². The molecule has 1 N–H and O–H groups in total. The van der Waals surface area contributed by atoms with Crippen LogP contribution in [-0.2, 0) is 0 Å². The molecule has 1 fully saturated rings.